The van der Waals surface area contributed by atoms with Crippen LogP contribution in [0.15, 0.2) is 24.3 Å². The third-order valence-electron chi connectivity index (χ3n) is 4.25. The minimum atomic E-state index is 0.610. The van der Waals surface area contributed by atoms with Gasteiger partial charge in [-0.15, -0.1) is 9.24 Å². The van der Waals surface area contributed by atoms with Gasteiger partial charge in [-0.2, -0.15) is 0 Å². The quantitative estimate of drug-likeness (QED) is 0.782. The summed E-state index contributed by atoms with van der Waals surface area (Å²) in [6, 6.07) is 8.79. The minimum Gasteiger partial charge on any atom is -0.326 e. The van der Waals surface area contributed by atoms with E-state index < -0.39 is 0 Å². The van der Waals surface area contributed by atoms with Crippen LogP contribution in [-0.4, -0.2) is 0 Å². The molecule has 1 fully saturated rings. The third-order valence-corrected chi connectivity index (χ3v) is 4.97. The number of benzene rings is 1. The molecule has 2 atom stereocenters. The first-order valence-electron chi connectivity index (χ1n) is 7.34. The molecule has 1 aliphatic rings. The molecule has 1 aromatic rings. The lowest BCUT2D eigenvalue weighted by Gasteiger charge is -2.23. The Balaban J connectivity index is 1.80. The Hall–Kier alpha value is -0.390. The molecule has 18 heavy (non-hydrogen) atoms. The molecule has 0 radical (unpaired) electrons. The predicted molar refractivity (Wildman–Crippen MR) is 82.6 cm³/mol. The molecule has 0 aliphatic heterocycles. The van der Waals surface area contributed by atoms with Crippen molar-refractivity contribution in [2.45, 2.75) is 57.1 Å². The van der Waals surface area contributed by atoms with Gasteiger partial charge in [0.05, 0.1) is 0 Å². The predicted octanol–water partition coefficient (Wildman–Crippen LogP) is 4.42. The van der Waals surface area contributed by atoms with Crippen LogP contribution >= 0.6 is 9.24 Å². The fraction of sp³-hybridized carbons (Fsp3) is 0.625. The Labute approximate surface area is 114 Å². The standard InChI is InChI=1S/C16H26NP/c17-12-14-6-9-15(10-7-14)16(18)11-8-13-4-2-1-3-5-13/h6-7,9-10,13,16H,1-5,8,11-12,17-18H2. The van der Waals surface area contributed by atoms with Gasteiger partial charge in [0.15, 0.2) is 0 Å². The second-order valence-corrected chi connectivity index (χ2v) is 6.44. The highest BCUT2D eigenvalue weighted by Crippen LogP contribution is 2.34. The van der Waals surface area contributed by atoms with Gasteiger partial charge in [0.25, 0.3) is 0 Å². The molecule has 2 unspecified atom stereocenters. The summed E-state index contributed by atoms with van der Waals surface area (Å²) in [4.78, 5) is 0. The molecule has 1 aliphatic carbocycles. The highest BCUT2D eigenvalue weighted by Gasteiger charge is 2.15. The fourth-order valence-electron chi connectivity index (χ4n) is 2.96. The van der Waals surface area contributed by atoms with Crippen LogP contribution in [0.5, 0.6) is 0 Å². The minimum absolute atomic E-state index is 0.610. The van der Waals surface area contributed by atoms with Gasteiger partial charge in [-0.05, 0) is 35.5 Å². The normalized spacial score (nSPS) is 18.8. The molecule has 0 saturated heterocycles. The van der Waals surface area contributed by atoms with Crippen molar-refractivity contribution < 1.29 is 0 Å². The van der Waals surface area contributed by atoms with Crippen molar-refractivity contribution >= 4 is 9.24 Å². The number of hydrogen-bond donors (Lipinski definition) is 1. The van der Waals surface area contributed by atoms with Crippen LogP contribution < -0.4 is 5.73 Å². The average Bonchev–Trinajstić information content (AvgIpc) is 2.46. The number of nitrogens with two attached hydrogens (primary N) is 1. The molecule has 0 heterocycles. The van der Waals surface area contributed by atoms with E-state index >= 15 is 0 Å². The molecule has 100 valence electrons. The summed E-state index contributed by atoms with van der Waals surface area (Å²) >= 11 is 0. The summed E-state index contributed by atoms with van der Waals surface area (Å²) in [5.41, 5.74) is 8.90. The fourth-order valence-corrected chi connectivity index (χ4v) is 3.37. The van der Waals surface area contributed by atoms with Crippen molar-refractivity contribution in [2.24, 2.45) is 11.7 Å². The molecule has 1 aromatic carbocycles. The summed E-state index contributed by atoms with van der Waals surface area (Å²) in [7, 11) is 3.01. The molecule has 0 bridgehead atoms. The van der Waals surface area contributed by atoms with E-state index in [1.165, 1.54) is 56.1 Å². The van der Waals surface area contributed by atoms with Gasteiger partial charge in [-0.25, -0.2) is 0 Å². The van der Waals surface area contributed by atoms with E-state index in [4.69, 9.17) is 5.73 Å². The summed E-state index contributed by atoms with van der Waals surface area (Å²) in [6.45, 7) is 0.643. The van der Waals surface area contributed by atoms with Gasteiger partial charge in [-0.1, -0.05) is 56.4 Å². The zero-order chi connectivity index (χ0) is 12.8. The SMILES string of the molecule is NCc1ccc(C(P)CCC2CCCCC2)cc1. The topological polar surface area (TPSA) is 26.0 Å². The molecular formula is C16H26NP. The molecule has 2 N–H and O–H groups in total. The maximum atomic E-state index is 5.63. The largest absolute Gasteiger partial charge is 0.326 e. The first kappa shape index (κ1) is 14.0. The van der Waals surface area contributed by atoms with E-state index in [0.29, 0.717) is 12.2 Å². The van der Waals surface area contributed by atoms with Crippen LogP contribution in [0.2, 0.25) is 0 Å². The summed E-state index contributed by atoms with van der Waals surface area (Å²) < 4.78 is 0. The van der Waals surface area contributed by atoms with Crippen LogP contribution in [0.3, 0.4) is 0 Å². The van der Waals surface area contributed by atoms with E-state index in [2.05, 4.69) is 33.5 Å². The van der Waals surface area contributed by atoms with Gasteiger partial charge in [-0.3, -0.25) is 0 Å². The smallest absolute Gasteiger partial charge is 0.0178 e. The van der Waals surface area contributed by atoms with E-state index in [-0.39, 0.29) is 0 Å². The lowest BCUT2D eigenvalue weighted by molar-refractivity contribution is 0.332. The van der Waals surface area contributed by atoms with Crippen LogP contribution in [0.25, 0.3) is 0 Å². The van der Waals surface area contributed by atoms with E-state index in [1.54, 1.807) is 0 Å². The number of rotatable bonds is 5. The molecule has 0 aromatic heterocycles. The Morgan fingerprint density at radius 1 is 1.11 bits per heavy atom. The Kier molecular flexibility index (Phi) is 5.66. The summed E-state index contributed by atoms with van der Waals surface area (Å²) in [6.07, 6.45) is 9.99. The third kappa shape index (κ3) is 4.07. The van der Waals surface area contributed by atoms with Crippen LogP contribution in [0.1, 0.15) is 61.7 Å². The Morgan fingerprint density at radius 3 is 2.39 bits per heavy atom. The van der Waals surface area contributed by atoms with Gasteiger partial charge < -0.3 is 5.73 Å². The Bertz CT molecular complexity index is 341. The van der Waals surface area contributed by atoms with E-state index in [0.717, 1.165) is 5.92 Å². The molecule has 0 amide bonds. The highest BCUT2D eigenvalue weighted by atomic mass is 31.0. The van der Waals surface area contributed by atoms with Gasteiger partial charge >= 0.3 is 0 Å². The molecular weight excluding hydrogens is 237 g/mol. The summed E-state index contributed by atoms with van der Waals surface area (Å²) in [5.74, 6) is 0.991. The van der Waals surface area contributed by atoms with Crippen molar-refractivity contribution in [1.29, 1.82) is 0 Å². The van der Waals surface area contributed by atoms with Crippen molar-refractivity contribution in [3.05, 3.63) is 35.4 Å². The van der Waals surface area contributed by atoms with Crippen molar-refractivity contribution in [3.63, 3.8) is 0 Å². The maximum Gasteiger partial charge on any atom is 0.0178 e. The van der Waals surface area contributed by atoms with Crippen molar-refractivity contribution in [2.75, 3.05) is 0 Å². The van der Waals surface area contributed by atoms with Crippen LogP contribution in [0.4, 0.5) is 0 Å². The summed E-state index contributed by atoms with van der Waals surface area (Å²) in [5, 5.41) is 0. The molecule has 0 spiro atoms. The number of hydrogen-bond acceptors (Lipinski definition) is 1. The van der Waals surface area contributed by atoms with E-state index in [9.17, 15) is 0 Å². The zero-order valence-corrected chi connectivity index (χ0v) is 12.4. The zero-order valence-electron chi connectivity index (χ0n) is 11.3. The van der Waals surface area contributed by atoms with Gasteiger partial charge in [0.1, 0.15) is 0 Å². The van der Waals surface area contributed by atoms with Gasteiger partial charge in [0.2, 0.25) is 0 Å². The first-order valence-corrected chi connectivity index (χ1v) is 8.00. The lowest BCUT2D eigenvalue weighted by atomic mass is 9.85. The maximum absolute atomic E-state index is 5.63. The lowest BCUT2D eigenvalue weighted by Crippen LogP contribution is -2.07. The molecule has 1 saturated carbocycles. The van der Waals surface area contributed by atoms with Crippen LogP contribution in [0, 0.1) is 5.92 Å². The van der Waals surface area contributed by atoms with Crippen molar-refractivity contribution in [3.8, 4) is 0 Å². The first-order chi connectivity index (χ1) is 8.79. The molecule has 2 rings (SSSR count). The molecule has 2 heteroatoms. The second-order valence-electron chi connectivity index (χ2n) is 5.63. The second kappa shape index (κ2) is 7.26. The molecule has 1 nitrogen and oxygen atoms in total. The Morgan fingerprint density at radius 2 is 1.78 bits per heavy atom. The van der Waals surface area contributed by atoms with Crippen molar-refractivity contribution in [1.82, 2.24) is 0 Å². The monoisotopic (exact) mass is 263 g/mol. The van der Waals surface area contributed by atoms with Crippen LogP contribution in [-0.2, 0) is 6.54 Å². The van der Waals surface area contributed by atoms with E-state index in [1.807, 2.05) is 0 Å². The highest BCUT2D eigenvalue weighted by molar-refractivity contribution is 7.17. The average molecular weight is 263 g/mol. The van der Waals surface area contributed by atoms with Gasteiger partial charge in [0, 0.05) is 6.54 Å².